The molecule has 0 amide bonds. The van der Waals surface area contributed by atoms with Crippen LogP contribution in [0.3, 0.4) is 0 Å². The van der Waals surface area contributed by atoms with Gasteiger partial charge in [0.2, 0.25) is 0 Å². The molecular weight excluding hydrogens is 232 g/mol. The van der Waals surface area contributed by atoms with Gasteiger partial charge in [0.05, 0.1) is 5.69 Å². The van der Waals surface area contributed by atoms with Crippen LogP contribution in [-0.4, -0.2) is 20.0 Å². The molecule has 2 aliphatic rings. The summed E-state index contributed by atoms with van der Waals surface area (Å²) in [7, 11) is 0. The first kappa shape index (κ1) is 11.1. The number of thiocarbonyl (C=S) groups is 1. The third-order valence-electron chi connectivity index (χ3n) is 3.94. The first-order valence-corrected chi connectivity index (χ1v) is 6.89. The predicted molar refractivity (Wildman–Crippen MR) is 69.8 cm³/mol. The van der Waals surface area contributed by atoms with Crippen molar-refractivity contribution in [1.29, 1.82) is 0 Å². The van der Waals surface area contributed by atoms with Gasteiger partial charge >= 0.3 is 0 Å². The Morgan fingerprint density at radius 3 is 2.65 bits per heavy atom. The van der Waals surface area contributed by atoms with Crippen LogP contribution in [0.15, 0.2) is 0 Å². The van der Waals surface area contributed by atoms with Gasteiger partial charge in [-0.2, -0.15) is 0 Å². The molecule has 0 saturated heterocycles. The zero-order valence-electron chi connectivity index (χ0n) is 9.93. The van der Waals surface area contributed by atoms with E-state index < -0.39 is 0 Å². The quantitative estimate of drug-likeness (QED) is 0.812. The van der Waals surface area contributed by atoms with Crippen LogP contribution in [0.2, 0.25) is 0 Å². The Morgan fingerprint density at radius 1 is 1.35 bits per heavy atom. The zero-order chi connectivity index (χ0) is 11.8. The van der Waals surface area contributed by atoms with Gasteiger partial charge in [0.1, 0.15) is 10.7 Å². The van der Waals surface area contributed by atoms with Crippen LogP contribution in [-0.2, 0) is 6.54 Å². The average molecular weight is 250 g/mol. The summed E-state index contributed by atoms with van der Waals surface area (Å²) in [6, 6.07) is 0. The van der Waals surface area contributed by atoms with Crippen molar-refractivity contribution in [2.75, 3.05) is 0 Å². The molecule has 0 atom stereocenters. The lowest BCUT2D eigenvalue weighted by Crippen LogP contribution is -2.17. The highest BCUT2D eigenvalue weighted by atomic mass is 32.1. The molecular formula is C12H18N4S. The second kappa shape index (κ2) is 4.37. The minimum absolute atomic E-state index is 0.391. The van der Waals surface area contributed by atoms with Crippen LogP contribution in [0.5, 0.6) is 0 Å². The molecule has 0 radical (unpaired) electrons. The molecule has 92 valence electrons. The number of aromatic nitrogens is 3. The van der Waals surface area contributed by atoms with Crippen LogP contribution in [0.1, 0.15) is 55.8 Å². The molecule has 2 aliphatic carbocycles. The number of hydrogen-bond donors (Lipinski definition) is 1. The molecule has 1 aromatic rings. The molecule has 4 nitrogen and oxygen atoms in total. The minimum Gasteiger partial charge on any atom is -0.388 e. The fourth-order valence-electron chi connectivity index (χ4n) is 2.51. The third kappa shape index (κ3) is 2.20. The summed E-state index contributed by atoms with van der Waals surface area (Å²) in [6.07, 6.45) is 7.85. The summed E-state index contributed by atoms with van der Waals surface area (Å²) < 4.78 is 2.05. The van der Waals surface area contributed by atoms with Gasteiger partial charge < -0.3 is 5.73 Å². The molecule has 0 unspecified atom stereocenters. The van der Waals surface area contributed by atoms with Crippen molar-refractivity contribution in [1.82, 2.24) is 15.0 Å². The van der Waals surface area contributed by atoms with Crippen molar-refractivity contribution in [3.05, 3.63) is 11.4 Å². The number of aryl methyl sites for hydroxylation is 1. The summed E-state index contributed by atoms with van der Waals surface area (Å²) in [4.78, 5) is 0.391. The molecule has 0 spiro atoms. The van der Waals surface area contributed by atoms with Gasteiger partial charge in [0, 0.05) is 12.5 Å². The lowest BCUT2D eigenvalue weighted by Gasteiger charge is -2.25. The second-order valence-corrected chi connectivity index (χ2v) is 5.71. The van der Waals surface area contributed by atoms with Crippen molar-refractivity contribution in [2.24, 2.45) is 11.7 Å². The highest BCUT2D eigenvalue weighted by Crippen LogP contribution is 2.41. The number of rotatable bonds is 5. The summed E-state index contributed by atoms with van der Waals surface area (Å²) >= 11 is 5.04. The molecule has 3 rings (SSSR count). The van der Waals surface area contributed by atoms with E-state index in [1.165, 1.54) is 44.2 Å². The van der Waals surface area contributed by atoms with Crippen LogP contribution >= 0.6 is 12.2 Å². The summed E-state index contributed by atoms with van der Waals surface area (Å²) in [6.45, 7) is 0.978. The van der Waals surface area contributed by atoms with Crippen molar-refractivity contribution in [3.63, 3.8) is 0 Å². The van der Waals surface area contributed by atoms with E-state index in [1.807, 2.05) is 4.68 Å². The molecule has 1 aromatic heterocycles. The van der Waals surface area contributed by atoms with E-state index in [4.69, 9.17) is 18.0 Å². The maximum Gasteiger partial charge on any atom is 0.143 e. The van der Waals surface area contributed by atoms with E-state index in [9.17, 15) is 0 Å². The van der Waals surface area contributed by atoms with Crippen LogP contribution in [0, 0.1) is 5.92 Å². The lowest BCUT2D eigenvalue weighted by molar-refractivity contribution is 0.275. The predicted octanol–water partition coefficient (Wildman–Crippen LogP) is 1.98. The summed E-state index contributed by atoms with van der Waals surface area (Å²) in [5.74, 6) is 1.50. The van der Waals surface area contributed by atoms with Gasteiger partial charge in [-0.15, -0.1) is 5.10 Å². The Balaban J connectivity index is 1.75. The fraction of sp³-hybridized carbons (Fsp3) is 0.750. The average Bonchev–Trinajstić information content (AvgIpc) is 2.97. The Kier molecular flexibility index (Phi) is 2.86. The molecule has 2 fully saturated rings. The molecule has 2 N–H and O–H groups in total. The Morgan fingerprint density at radius 2 is 2.12 bits per heavy atom. The van der Waals surface area contributed by atoms with E-state index in [-0.39, 0.29) is 0 Å². The monoisotopic (exact) mass is 250 g/mol. The number of hydrogen-bond acceptors (Lipinski definition) is 3. The highest BCUT2D eigenvalue weighted by molar-refractivity contribution is 7.80. The fourth-order valence-corrected chi connectivity index (χ4v) is 2.65. The smallest absolute Gasteiger partial charge is 0.143 e. The molecule has 0 aromatic carbocycles. The second-order valence-electron chi connectivity index (χ2n) is 5.27. The number of nitrogens with zero attached hydrogens (tertiary/aromatic N) is 3. The van der Waals surface area contributed by atoms with E-state index >= 15 is 0 Å². The van der Waals surface area contributed by atoms with Crippen molar-refractivity contribution >= 4 is 17.2 Å². The third-order valence-corrected chi connectivity index (χ3v) is 4.14. The van der Waals surface area contributed by atoms with Crippen molar-refractivity contribution in [2.45, 2.75) is 51.0 Å². The molecule has 0 bridgehead atoms. The van der Waals surface area contributed by atoms with Crippen LogP contribution < -0.4 is 5.73 Å². The van der Waals surface area contributed by atoms with Gasteiger partial charge in [-0.1, -0.05) is 36.7 Å². The van der Waals surface area contributed by atoms with Gasteiger partial charge in [-0.05, 0) is 25.2 Å². The molecule has 17 heavy (non-hydrogen) atoms. The van der Waals surface area contributed by atoms with Crippen LogP contribution in [0.25, 0.3) is 0 Å². The topological polar surface area (TPSA) is 56.7 Å². The molecule has 1 heterocycles. The zero-order valence-corrected chi connectivity index (χ0v) is 10.7. The first-order chi connectivity index (χ1) is 8.25. The largest absolute Gasteiger partial charge is 0.388 e. The molecule has 5 heteroatoms. The normalized spacial score (nSPS) is 20.2. The highest BCUT2D eigenvalue weighted by Gasteiger charge is 2.32. The van der Waals surface area contributed by atoms with Crippen molar-refractivity contribution in [3.8, 4) is 0 Å². The van der Waals surface area contributed by atoms with E-state index in [0.29, 0.717) is 10.9 Å². The Labute approximate surface area is 107 Å². The Hall–Kier alpha value is -0.970. The maximum atomic E-state index is 5.70. The molecule has 2 saturated carbocycles. The lowest BCUT2D eigenvalue weighted by atomic mass is 9.83. The van der Waals surface area contributed by atoms with Crippen LogP contribution in [0.4, 0.5) is 0 Å². The maximum absolute atomic E-state index is 5.70. The standard InChI is InChI=1S/C12H18N4S/c13-12(17)10-11(9-4-5-9)16(15-14-10)7-6-8-2-1-3-8/h8-9H,1-7H2,(H2,13,17). The van der Waals surface area contributed by atoms with E-state index in [1.54, 1.807) is 0 Å². The van der Waals surface area contributed by atoms with E-state index in [0.717, 1.165) is 18.2 Å². The minimum atomic E-state index is 0.391. The van der Waals surface area contributed by atoms with Gasteiger partial charge in [-0.25, -0.2) is 4.68 Å². The summed E-state index contributed by atoms with van der Waals surface area (Å²) in [5.41, 5.74) is 7.65. The van der Waals surface area contributed by atoms with Gasteiger partial charge in [-0.3, -0.25) is 0 Å². The summed E-state index contributed by atoms with van der Waals surface area (Å²) in [5, 5.41) is 8.37. The SMILES string of the molecule is NC(=S)c1nnn(CCC2CCC2)c1C1CC1. The van der Waals surface area contributed by atoms with Crippen molar-refractivity contribution < 1.29 is 0 Å². The Bertz CT molecular complexity index is 432. The van der Waals surface area contributed by atoms with E-state index in [2.05, 4.69) is 10.3 Å². The molecule has 0 aliphatic heterocycles. The first-order valence-electron chi connectivity index (χ1n) is 6.49. The number of nitrogens with two attached hydrogens (primary N) is 1. The van der Waals surface area contributed by atoms with Gasteiger partial charge in [0.15, 0.2) is 0 Å². The van der Waals surface area contributed by atoms with Gasteiger partial charge in [0.25, 0.3) is 0 Å².